The number of rotatable bonds is 7. The zero-order valence-corrected chi connectivity index (χ0v) is 21.6. The van der Waals surface area contributed by atoms with Crippen LogP contribution in [-0.4, -0.2) is 44.1 Å². The van der Waals surface area contributed by atoms with E-state index >= 15 is 4.39 Å². The van der Waals surface area contributed by atoms with Gasteiger partial charge in [0.1, 0.15) is 10.6 Å². The zero-order valence-electron chi connectivity index (χ0n) is 19.2. The van der Waals surface area contributed by atoms with Crippen LogP contribution in [0.2, 0.25) is 5.02 Å². The Labute approximate surface area is 212 Å². The Hall–Kier alpha value is -1.88. The van der Waals surface area contributed by atoms with Crippen molar-refractivity contribution in [2.24, 2.45) is 11.7 Å². The molecule has 2 aliphatic heterocycles. The molecule has 2 aliphatic rings. The molecule has 190 valence electrons. The van der Waals surface area contributed by atoms with Crippen LogP contribution >= 0.6 is 23.4 Å². The molecular weight excluding hydrogens is 520 g/mol. The van der Waals surface area contributed by atoms with Gasteiger partial charge < -0.3 is 15.2 Å². The summed E-state index contributed by atoms with van der Waals surface area (Å²) in [6, 6.07) is 7.48. The van der Waals surface area contributed by atoms with E-state index in [-0.39, 0.29) is 35.8 Å². The van der Waals surface area contributed by atoms with Gasteiger partial charge in [0.2, 0.25) is 5.91 Å². The molecule has 35 heavy (non-hydrogen) atoms. The van der Waals surface area contributed by atoms with Gasteiger partial charge in [-0.2, -0.15) is 0 Å². The van der Waals surface area contributed by atoms with Crippen molar-refractivity contribution in [3.8, 4) is 5.75 Å². The van der Waals surface area contributed by atoms with E-state index in [0.29, 0.717) is 17.2 Å². The number of carbonyl (C=O) groups is 1. The maximum atomic E-state index is 15.4. The molecule has 3 atom stereocenters. The summed E-state index contributed by atoms with van der Waals surface area (Å²) >= 11 is 7.29. The van der Waals surface area contributed by atoms with E-state index in [0.717, 1.165) is 12.1 Å². The van der Waals surface area contributed by atoms with Crippen LogP contribution in [0.4, 0.5) is 8.78 Å². The van der Waals surface area contributed by atoms with Gasteiger partial charge in [-0.25, -0.2) is 17.2 Å². The SMILES string of the molecule is CC(C)(SCC[C@@H]1OCC[C@@]2(S(=O)(=O)c3ccc(Cl)cc3)c3c(F)ccc(F)c3OC[C@@H]12)C(N)=O. The Balaban J connectivity index is 1.81. The van der Waals surface area contributed by atoms with Crippen molar-refractivity contribution in [2.45, 2.75) is 47.2 Å². The number of benzene rings is 2. The largest absolute Gasteiger partial charge is 0.490 e. The molecule has 0 unspecified atom stereocenters. The highest BCUT2D eigenvalue weighted by atomic mass is 35.5. The lowest BCUT2D eigenvalue weighted by molar-refractivity contribution is -0.119. The van der Waals surface area contributed by atoms with Crippen molar-refractivity contribution in [3.63, 3.8) is 0 Å². The highest BCUT2D eigenvalue weighted by molar-refractivity contribution is 8.01. The molecule has 0 radical (unpaired) electrons. The lowest BCUT2D eigenvalue weighted by atomic mass is 9.75. The number of hydrogen-bond acceptors (Lipinski definition) is 6. The number of fused-ring (bicyclic) bond motifs is 3. The molecule has 2 heterocycles. The Morgan fingerprint density at radius 2 is 1.86 bits per heavy atom. The van der Waals surface area contributed by atoms with Crippen molar-refractivity contribution in [1.29, 1.82) is 0 Å². The molecule has 0 aromatic heterocycles. The van der Waals surface area contributed by atoms with Crippen molar-refractivity contribution < 1.29 is 31.5 Å². The minimum atomic E-state index is -4.26. The molecule has 2 aromatic rings. The van der Waals surface area contributed by atoms with Crippen LogP contribution in [0.5, 0.6) is 5.75 Å². The van der Waals surface area contributed by atoms with Gasteiger partial charge in [-0.05, 0) is 68.8 Å². The van der Waals surface area contributed by atoms with Gasteiger partial charge in [0, 0.05) is 17.5 Å². The second kappa shape index (κ2) is 9.53. The number of halogens is 3. The summed E-state index contributed by atoms with van der Waals surface area (Å²) in [6.07, 6.45) is -0.354. The summed E-state index contributed by atoms with van der Waals surface area (Å²) in [5, 5.41) is 0.349. The number of ether oxygens (including phenoxy) is 2. The van der Waals surface area contributed by atoms with Gasteiger partial charge in [0.25, 0.3) is 0 Å². The minimum absolute atomic E-state index is 0.0211. The third-order valence-electron chi connectivity index (χ3n) is 6.80. The molecule has 4 rings (SSSR count). The van der Waals surface area contributed by atoms with Gasteiger partial charge in [-0.1, -0.05) is 11.6 Å². The number of thioether (sulfide) groups is 1. The molecule has 1 fully saturated rings. The lowest BCUT2D eigenvalue weighted by Gasteiger charge is -2.50. The molecule has 2 aromatic carbocycles. The fourth-order valence-electron chi connectivity index (χ4n) is 4.84. The van der Waals surface area contributed by atoms with Crippen molar-refractivity contribution >= 4 is 39.1 Å². The van der Waals surface area contributed by atoms with Crippen LogP contribution in [0.1, 0.15) is 32.3 Å². The number of sulfone groups is 1. The van der Waals surface area contributed by atoms with Crippen LogP contribution in [0.25, 0.3) is 0 Å². The molecule has 1 saturated heterocycles. The highest BCUT2D eigenvalue weighted by Crippen LogP contribution is 2.56. The molecule has 11 heteroatoms. The van der Waals surface area contributed by atoms with Gasteiger partial charge in [0.15, 0.2) is 21.4 Å². The van der Waals surface area contributed by atoms with Gasteiger partial charge in [-0.3, -0.25) is 4.79 Å². The second-order valence-corrected chi connectivity index (χ2v) is 13.5. The van der Waals surface area contributed by atoms with E-state index in [1.54, 1.807) is 13.8 Å². The van der Waals surface area contributed by atoms with E-state index in [9.17, 15) is 17.6 Å². The fraction of sp³-hybridized carbons (Fsp3) is 0.458. The molecular formula is C24H26ClF2NO5S2. The lowest BCUT2D eigenvalue weighted by Crippen LogP contribution is -2.57. The summed E-state index contributed by atoms with van der Waals surface area (Å²) in [5.74, 6) is -2.92. The number of hydrogen-bond donors (Lipinski definition) is 1. The van der Waals surface area contributed by atoms with Gasteiger partial charge in [-0.15, -0.1) is 11.8 Å². The number of nitrogens with two attached hydrogens (primary N) is 1. The third kappa shape index (κ3) is 4.43. The monoisotopic (exact) mass is 545 g/mol. The summed E-state index contributed by atoms with van der Waals surface area (Å²) in [7, 11) is -4.26. The average Bonchev–Trinajstić information content (AvgIpc) is 2.81. The maximum Gasteiger partial charge on any atom is 0.233 e. The second-order valence-electron chi connectivity index (χ2n) is 9.17. The van der Waals surface area contributed by atoms with Crippen LogP contribution in [0.15, 0.2) is 41.3 Å². The van der Waals surface area contributed by atoms with Crippen molar-refractivity contribution in [2.75, 3.05) is 19.0 Å². The molecule has 0 saturated carbocycles. The molecule has 1 amide bonds. The smallest absolute Gasteiger partial charge is 0.233 e. The first-order valence-electron chi connectivity index (χ1n) is 11.1. The first kappa shape index (κ1) is 26.2. The predicted molar refractivity (Wildman–Crippen MR) is 130 cm³/mol. The molecule has 2 N–H and O–H groups in total. The Morgan fingerprint density at radius 1 is 1.20 bits per heavy atom. The van der Waals surface area contributed by atoms with Crippen molar-refractivity contribution in [1.82, 2.24) is 0 Å². The zero-order chi connectivity index (χ0) is 25.6. The average molecular weight is 546 g/mol. The van der Waals surface area contributed by atoms with Crippen LogP contribution in [-0.2, 0) is 24.1 Å². The van der Waals surface area contributed by atoms with E-state index in [4.69, 9.17) is 26.8 Å². The standard InChI is InChI=1S/C24H26ClF2NO5S2/c1-23(2,22(28)29)34-12-9-19-16-13-33-21-18(27)8-7-17(26)20(21)24(16,10-11-32-19)35(30,31)15-5-3-14(25)4-6-15/h3-8,16,19H,9-13H2,1-2H3,(H2,28,29)/t16-,19-,24-/m0/s1. The Kier molecular flexibility index (Phi) is 7.13. The normalized spacial score (nSPS) is 24.3. The number of amides is 1. The van der Waals surface area contributed by atoms with Crippen LogP contribution in [0, 0.1) is 17.6 Å². The van der Waals surface area contributed by atoms with Gasteiger partial charge >= 0.3 is 0 Å². The maximum absolute atomic E-state index is 15.4. The van der Waals surface area contributed by atoms with Gasteiger partial charge in [0.05, 0.1) is 27.9 Å². The molecule has 0 bridgehead atoms. The predicted octanol–water partition coefficient (Wildman–Crippen LogP) is 4.47. The molecule has 6 nitrogen and oxygen atoms in total. The summed E-state index contributed by atoms with van der Waals surface area (Å²) in [4.78, 5) is 11.6. The van der Waals surface area contributed by atoms with E-state index in [1.807, 2.05) is 0 Å². The first-order chi connectivity index (χ1) is 16.4. The Morgan fingerprint density at radius 3 is 2.51 bits per heavy atom. The van der Waals surface area contributed by atoms with E-state index < -0.39 is 48.9 Å². The molecule has 0 aliphatic carbocycles. The van der Waals surface area contributed by atoms with E-state index in [1.165, 1.54) is 36.0 Å². The number of primary amides is 1. The highest BCUT2D eigenvalue weighted by Gasteiger charge is 2.61. The number of carbonyl (C=O) groups excluding carboxylic acids is 1. The molecule has 0 spiro atoms. The summed E-state index contributed by atoms with van der Waals surface area (Å²) in [6.45, 7) is 3.26. The summed E-state index contributed by atoms with van der Waals surface area (Å²) < 4.78 is 67.6. The van der Waals surface area contributed by atoms with Crippen LogP contribution in [0.3, 0.4) is 0 Å². The first-order valence-corrected chi connectivity index (χ1v) is 13.9. The quantitative estimate of drug-likeness (QED) is 0.551. The van der Waals surface area contributed by atoms with Crippen LogP contribution < -0.4 is 10.5 Å². The van der Waals surface area contributed by atoms with E-state index in [2.05, 4.69) is 0 Å². The fourth-order valence-corrected chi connectivity index (χ4v) is 8.31. The third-order valence-corrected chi connectivity index (χ3v) is 11.0. The minimum Gasteiger partial charge on any atom is -0.490 e. The topological polar surface area (TPSA) is 95.7 Å². The van der Waals surface area contributed by atoms with Crippen molar-refractivity contribution in [3.05, 3.63) is 58.6 Å². The Bertz CT molecular complexity index is 1240. The summed E-state index contributed by atoms with van der Waals surface area (Å²) in [5.41, 5.74) is 5.15.